The van der Waals surface area contributed by atoms with E-state index in [4.69, 9.17) is 9.47 Å². The van der Waals surface area contributed by atoms with Crippen LogP contribution in [-0.4, -0.2) is 25.2 Å². The summed E-state index contributed by atoms with van der Waals surface area (Å²) in [5.74, 6) is -0.474. The van der Waals surface area contributed by atoms with Crippen molar-refractivity contribution < 1.29 is 19.1 Å². The zero-order valence-corrected chi connectivity index (χ0v) is 8.88. The van der Waals surface area contributed by atoms with Gasteiger partial charge in [0.15, 0.2) is 0 Å². The fourth-order valence-electron chi connectivity index (χ4n) is 0.864. The van der Waals surface area contributed by atoms with Gasteiger partial charge in [0, 0.05) is 12.8 Å². The van der Waals surface area contributed by atoms with Crippen molar-refractivity contribution in [1.29, 1.82) is 0 Å². The summed E-state index contributed by atoms with van der Waals surface area (Å²) in [5, 5.41) is 0. The monoisotopic (exact) mass is 202 g/mol. The highest BCUT2D eigenvalue weighted by Gasteiger charge is 2.02. The van der Waals surface area contributed by atoms with E-state index in [0.29, 0.717) is 12.8 Å². The Morgan fingerprint density at radius 1 is 0.857 bits per heavy atom. The van der Waals surface area contributed by atoms with E-state index in [0.717, 1.165) is 12.8 Å². The topological polar surface area (TPSA) is 52.6 Å². The molecule has 4 nitrogen and oxygen atoms in total. The molecule has 0 unspecified atom stereocenters. The van der Waals surface area contributed by atoms with Crippen molar-refractivity contribution >= 4 is 11.9 Å². The molecule has 0 spiro atoms. The maximum absolute atomic E-state index is 10.9. The Hall–Kier alpha value is -1.06. The largest absolute Gasteiger partial charge is 0.462 e. The lowest BCUT2D eigenvalue weighted by Crippen LogP contribution is -2.13. The molecule has 82 valence electrons. The van der Waals surface area contributed by atoms with E-state index < -0.39 is 0 Å². The van der Waals surface area contributed by atoms with Gasteiger partial charge in [-0.1, -0.05) is 13.8 Å². The molecule has 0 N–H and O–H groups in total. The molecule has 0 aromatic carbocycles. The number of carbonyl (C=O) groups excluding carboxylic acids is 2. The third kappa shape index (κ3) is 7.58. The fourth-order valence-corrected chi connectivity index (χ4v) is 0.864. The number of hydrogen-bond donors (Lipinski definition) is 0. The molecule has 14 heavy (non-hydrogen) atoms. The predicted octanol–water partition coefficient (Wildman–Crippen LogP) is 1.67. The smallest absolute Gasteiger partial charge is 0.305 e. The third-order valence-electron chi connectivity index (χ3n) is 1.52. The SMILES string of the molecule is CCCC(=O)OCCOC(=O)CCC. The molecule has 0 bridgehead atoms. The summed E-state index contributed by atoms with van der Waals surface area (Å²) in [5.41, 5.74) is 0. The van der Waals surface area contributed by atoms with Crippen molar-refractivity contribution in [1.82, 2.24) is 0 Å². The average Bonchev–Trinajstić information content (AvgIpc) is 2.13. The standard InChI is InChI=1S/C10H18O4/c1-3-5-9(11)13-7-8-14-10(12)6-4-2/h3-8H2,1-2H3. The van der Waals surface area contributed by atoms with Gasteiger partial charge < -0.3 is 9.47 Å². The molecule has 0 atom stereocenters. The van der Waals surface area contributed by atoms with E-state index in [1.807, 2.05) is 13.8 Å². The molecule has 0 radical (unpaired) electrons. The summed E-state index contributed by atoms with van der Waals surface area (Å²) in [7, 11) is 0. The minimum Gasteiger partial charge on any atom is -0.462 e. The first kappa shape index (κ1) is 12.9. The van der Waals surface area contributed by atoms with Crippen molar-refractivity contribution in [3.8, 4) is 0 Å². The Morgan fingerprint density at radius 3 is 1.50 bits per heavy atom. The van der Waals surface area contributed by atoms with Gasteiger partial charge in [-0.15, -0.1) is 0 Å². The van der Waals surface area contributed by atoms with Crippen LogP contribution in [0.3, 0.4) is 0 Å². The van der Waals surface area contributed by atoms with Crippen molar-refractivity contribution in [2.24, 2.45) is 0 Å². The van der Waals surface area contributed by atoms with Gasteiger partial charge in [-0.2, -0.15) is 0 Å². The summed E-state index contributed by atoms with van der Waals surface area (Å²) < 4.78 is 9.59. The molecule has 4 heteroatoms. The second kappa shape index (κ2) is 8.53. The molecule has 0 heterocycles. The molecular weight excluding hydrogens is 184 g/mol. The highest BCUT2D eigenvalue weighted by molar-refractivity contribution is 5.70. The van der Waals surface area contributed by atoms with Crippen molar-refractivity contribution in [3.05, 3.63) is 0 Å². The lowest BCUT2D eigenvalue weighted by molar-refractivity contribution is -0.152. The minimum atomic E-state index is -0.237. The van der Waals surface area contributed by atoms with E-state index in [-0.39, 0.29) is 25.2 Å². The van der Waals surface area contributed by atoms with Gasteiger partial charge in [0.2, 0.25) is 0 Å². The van der Waals surface area contributed by atoms with Gasteiger partial charge >= 0.3 is 11.9 Å². The second-order valence-electron chi connectivity index (χ2n) is 2.94. The molecule has 0 rings (SSSR count). The number of ether oxygens (including phenoxy) is 2. The molecule has 0 saturated carbocycles. The molecule has 0 aliphatic rings. The van der Waals surface area contributed by atoms with Crippen LogP contribution in [0.2, 0.25) is 0 Å². The first-order valence-corrected chi connectivity index (χ1v) is 5.02. The Balaban J connectivity index is 3.28. The van der Waals surface area contributed by atoms with Crippen LogP contribution in [0.15, 0.2) is 0 Å². The number of carbonyl (C=O) groups is 2. The molecule has 0 amide bonds. The predicted molar refractivity (Wildman–Crippen MR) is 51.7 cm³/mol. The van der Waals surface area contributed by atoms with E-state index in [9.17, 15) is 9.59 Å². The lowest BCUT2D eigenvalue weighted by atomic mass is 10.3. The molecule has 0 saturated heterocycles. The maximum Gasteiger partial charge on any atom is 0.305 e. The van der Waals surface area contributed by atoms with Crippen molar-refractivity contribution in [2.75, 3.05) is 13.2 Å². The molecular formula is C10H18O4. The maximum atomic E-state index is 10.9. The first-order chi connectivity index (χ1) is 6.70. The second-order valence-corrected chi connectivity index (χ2v) is 2.94. The average molecular weight is 202 g/mol. The summed E-state index contributed by atoms with van der Waals surface area (Å²) >= 11 is 0. The van der Waals surface area contributed by atoms with Gasteiger partial charge in [0.25, 0.3) is 0 Å². The van der Waals surface area contributed by atoms with Crippen molar-refractivity contribution in [3.63, 3.8) is 0 Å². The summed E-state index contributed by atoms with van der Waals surface area (Å²) in [6.07, 6.45) is 2.38. The van der Waals surface area contributed by atoms with Crippen LogP contribution in [0.1, 0.15) is 39.5 Å². The zero-order valence-electron chi connectivity index (χ0n) is 8.88. The van der Waals surface area contributed by atoms with Crippen LogP contribution in [-0.2, 0) is 19.1 Å². The van der Waals surface area contributed by atoms with E-state index in [1.54, 1.807) is 0 Å². The van der Waals surface area contributed by atoms with Gasteiger partial charge in [-0.3, -0.25) is 9.59 Å². The van der Waals surface area contributed by atoms with Crippen LogP contribution in [0.5, 0.6) is 0 Å². The first-order valence-electron chi connectivity index (χ1n) is 5.02. The number of hydrogen-bond acceptors (Lipinski definition) is 4. The summed E-state index contributed by atoms with van der Waals surface area (Å²) in [6.45, 7) is 4.13. The molecule has 0 aliphatic heterocycles. The van der Waals surface area contributed by atoms with Gasteiger partial charge in [0.05, 0.1) is 0 Å². The lowest BCUT2D eigenvalue weighted by Gasteiger charge is -2.04. The summed E-state index contributed by atoms with van der Waals surface area (Å²) in [4.78, 5) is 21.7. The fraction of sp³-hybridized carbons (Fsp3) is 0.800. The van der Waals surface area contributed by atoms with Gasteiger partial charge in [0.1, 0.15) is 13.2 Å². The van der Waals surface area contributed by atoms with Gasteiger partial charge in [-0.05, 0) is 12.8 Å². The van der Waals surface area contributed by atoms with Crippen LogP contribution in [0.4, 0.5) is 0 Å². The van der Waals surface area contributed by atoms with Crippen LogP contribution >= 0.6 is 0 Å². The zero-order chi connectivity index (χ0) is 10.8. The number of rotatable bonds is 7. The molecule has 0 fully saturated rings. The third-order valence-corrected chi connectivity index (χ3v) is 1.52. The Labute approximate surface area is 84.6 Å². The Bertz CT molecular complexity index is 157. The van der Waals surface area contributed by atoms with Gasteiger partial charge in [-0.25, -0.2) is 0 Å². The van der Waals surface area contributed by atoms with E-state index in [1.165, 1.54) is 0 Å². The number of esters is 2. The Morgan fingerprint density at radius 2 is 1.21 bits per heavy atom. The van der Waals surface area contributed by atoms with Crippen LogP contribution in [0, 0.1) is 0 Å². The van der Waals surface area contributed by atoms with E-state index >= 15 is 0 Å². The van der Waals surface area contributed by atoms with Crippen LogP contribution < -0.4 is 0 Å². The highest BCUT2D eigenvalue weighted by atomic mass is 16.6. The van der Waals surface area contributed by atoms with E-state index in [2.05, 4.69) is 0 Å². The molecule has 0 aliphatic carbocycles. The normalized spacial score (nSPS) is 9.57. The quantitative estimate of drug-likeness (QED) is 0.465. The summed E-state index contributed by atoms with van der Waals surface area (Å²) in [6, 6.07) is 0. The minimum absolute atomic E-state index is 0.161. The molecule has 0 aromatic heterocycles. The highest BCUT2D eigenvalue weighted by Crippen LogP contribution is 1.93. The van der Waals surface area contributed by atoms with Crippen LogP contribution in [0.25, 0.3) is 0 Å². The molecule has 0 aromatic rings. The van der Waals surface area contributed by atoms with Crippen molar-refractivity contribution in [2.45, 2.75) is 39.5 Å². The Kier molecular flexibility index (Phi) is 7.89.